The van der Waals surface area contributed by atoms with E-state index in [0.29, 0.717) is 36.9 Å². The zero-order valence-electron chi connectivity index (χ0n) is 12.4. The molecule has 0 radical (unpaired) electrons. The van der Waals surface area contributed by atoms with E-state index in [1.165, 1.54) is 0 Å². The number of carbonyl (C=O) groups excluding carboxylic acids is 1. The smallest absolute Gasteiger partial charge is 0.248 e. The van der Waals surface area contributed by atoms with Crippen molar-refractivity contribution in [3.63, 3.8) is 0 Å². The van der Waals surface area contributed by atoms with Crippen LogP contribution in [0, 0.1) is 0 Å². The Kier molecular flexibility index (Phi) is 7.72. The summed E-state index contributed by atoms with van der Waals surface area (Å²) in [5.41, 5.74) is 6.22. The van der Waals surface area contributed by atoms with Crippen molar-refractivity contribution >= 4 is 11.6 Å². The van der Waals surface area contributed by atoms with Crippen molar-refractivity contribution in [1.82, 2.24) is 0 Å². The number of hydrogen-bond donors (Lipinski definition) is 2. The second kappa shape index (κ2) is 9.32. The van der Waals surface area contributed by atoms with Gasteiger partial charge < -0.3 is 11.1 Å². The number of benzene rings is 1. The maximum absolute atomic E-state index is 13.7. The molecule has 1 aromatic rings. The molecule has 0 heterocycles. The molecule has 0 aromatic heterocycles. The Morgan fingerprint density at radius 1 is 1.24 bits per heavy atom. The molecule has 1 amide bonds. The molecule has 0 spiro atoms. The van der Waals surface area contributed by atoms with E-state index in [2.05, 4.69) is 5.32 Å². The molecule has 3 nitrogen and oxygen atoms in total. The van der Waals surface area contributed by atoms with Crippen LogP contribution in [0.2, 0.25) is 0 Å². The molecule has 0 saturated carbocycles. The first-order chi connectivity index (χ1) is 10.0. The minimum absolute atomic E-state index is 0.146. The number of hydrogen-bond acceptors (Lipinski definition) is 2. The highest BCUT2D eigenvalue weighted by atomic mass is 19.1. The molecular weight excluding hydrogens is 274 g/mol. The molecule has 0 aliphatic heterocycles. The van der Waals surface area contributed by atoms with Gasteiger partial charge in [0, 0.05) is 17.8 Å². The Labute approximate surface area is 124 Å². The molecule has 2 atom stereocenters. The molecule has 2 unspecified atom stereocenters. The van der Waals surface area contributed by atoms with Gasteiger partial charge in [-0.25, -0.2) is 8.78 Å². The maximum atomic E-state index is 13.7. The zero-order chi connectivity index (χ0) is 15.7. The van der Waals surface area contributed by atoms with Gasteiger partial charge in [0.05, 0.1) is 0 Å². The van der Waals surface area contributed by atoms with Crippen LogP contribution in [0.15, 0.2) is 24.3 Å². The average Bonchev–Trinajstić information content (AvgIpc) is 2.45. The highest BCUT2D eigenvalue weighted by Crippen LogP contribution is 2.15. The van der Waals surface area contributed by atoms with Gasteiger partial charge in [-0.15, -0.1) is 0 Å². The molecule has 3 N–H and O–H groups in total. The number of nitrogens with two attached hydrogens (primary N) is 1. The predicted octanol–water partition coefficient (Wildman–Crippen LogP) is 3.84. The van der Waals surface area contributed by atoms with E-state index in [0.717, 1.165) is 6.42 Å². The van der Waals surface area contributed by atoms with Gasteiger partial charge >= 0.3 is 0 Å². The van der Waals surface area contributed by atoms with Crippen molar-refractivity contribution in [2.45, 2.75) is 51.4 Å². The van der Waals surface area contributed by atoms with Crippen molar-refractivity contribution < 1.29 is 13.6 Å². The molecule has 1 rings (SSSR count). The minimum Gasteiger partial charge on any atom is -0.382 e. The number of halogens is 2. The highest BCUT2D eigenvalue weighted by molar-refractivity contribution is 5.93. The van der Waals surface area contributed by atoms with Gasteiger partial charge in [-0.05, 0) is 43.9 Å². The number of rotatable bonds is 10. The number of alkyl halides is 2. The maximum Gasteiger partial charge on any atom is 0.248 e. The van der Waals surface area contributed by atoms with Gasteiger partial charge in [-0.3, -0.25) is 4.79 Å². The van der Waals surface area contributed by atoms with E-state index in [1.54, 1.807) is 24.3 Å². The lowest BCUT2D eigenvalue weighted by atomic mass is 10.1. The van der Waals surface area contributed by atoms with Crippen LogP contribution in [0.1, 0.15) is 49.4 Å². The summed E-state index contributed by atoms with van der Waals surface area (Å²) in [7, 11) is 0. The third-order valence-electron chi connectivity index (χ3n) is 3.31. The van der Waals surface area contributed by atoms with Gasteiger partial charge in [-0.2, -0.15) is 0 Å². The van der Waals surface area contributed by atoms with Crippen LogP contribution in [-0.2, 0) is 0 Å². The normalized spacial score (nSPS) is 13.7. The van der Waals surface area contributed by atoms with Crippen LogP contribution in [0.4, 0.5) is 14.5 Å². The fourth-order valence-corrected chi connectivity index (χ4v) is 2.13. The van der Waals surface area contributed by atoms with E-state index < -0.39 is 18.3 Å². The molecule has 0 bridgehead atoms. The van der Waals surface area contributed by atoms with Gasteiger partial charge in [0.25, 0.3) is 0 Å². The fourth-order valence-electron chi connectivity index (χ4n) is 2.13. The first-order valence-electron chi connectivity index (χ1n) is 7.44. The second-order valence-electron chi connectivity index (χ2n) is 5.24. The lowest BCUT2D eigenvalue weighted by molar-refractivity contribution is 0.100. The largest absolute Gasteiger partial charge is 0.382 e. The van der Waals surface area contributed by atoms with Crippen molar-refractivity contribution in [3.05, 3.63) is 29.8 Å². The fraction of sp³-hybridized carbons (Fsp3) is 0.562. The summed E-state index contributed by atoms with van der Waals surface area (Å²) in [6.45, 7) is 2.08. The Balaban J connectivity index is 2.28. The lowest BCUT2D eigenvalue weighted by Crippen LogP contribution is -2.16. The summed E-state index contributed by atoms with van der Waals surface area (Å²) < 4.78 is 27.0. The van der Waals surface area contributed by atoms with Crippen LogP contribution < -0.4 is 11.1 Å². The van der Waals surface area contributed by atoms with Crippen LogP contribution in [0.25, 0.3) is 0 Å². The quantitative estimate of drug-likeness (QED) is 0.689. The zero-order valence-corrected chi connectivity index (χ0v) is 12.4. The molecule has 0 fully saturated rings. The lowest BCUT2D eigenvalue weighted by Gasteiger charge is -2.12. The first-order valence-corrected chi connectivity index (χ1v) is 7.44. The van der Waals surface area contributed by atoms with Crippen molar-refractivity contribution in [1.29, 1.82) is 0 Å². The van der Waals surface area contributed by atoms with Crippen molar-refractivity contribution in [2.24, 2.45) is 5.73 Å². The second-order valence-corrected chi connectivity index (χ2v) is 5.24. The van der Waals surface area contributed by atoms with E-state index in [1.807, 2.05) is 6.92 Å². The van der Waals surface area contributed by atoms with Gasteiger partial charge in [0.1, 0.15) is 12.3 Å². The summed E-state index contributed by atoms with van der Waals surface area (Å²) >= 11 is 0. The molecule has 0 saturated heterocycles. The predicted molar refractivity (Wildman–Crippen MR) is 82.0 cm³/mol. The van der Waals surface area contributed by atoms with E-state index >= 15 is 0 Å². The SMILES string of the molecule is CCCC(F)CCCC(F)CNc1cccc(C(N)=O)c1. The minimum atomic E-state index is -1.03. The summed E-state index contributed by atoms with van der Waals surface area (Å²) in [6, 6.07) is 6.63. The Hall–Kier alpha value is -1.65. The van der Waals surface area contributed by atoms with Crippen molar-refractivity contribution in [3.8, 4) is 0 Å². The van der Waals surface area contributed by atoms with E-state index in [-0.39, 0.29) is 6.54 Å². The van der Waals surface area contributed by atoms with Crippen LogP contribution in [0.5, 0.6) is 0 Å². The third-order valence-corrected chi connectivity index (χ3v) is 3.31. The third kappa shape index (κ3) is 7.06. The number of primary amides is 1. The summed E-state index contributed by atoms with van der Waals surface area (Å²) in [6.07, 6.45) is 0.828. The van der Waals surface area contributed by atoms with Gasteiger partial charge in [0.15, 0.2) is 0 Å². The molecule has 1 aromatic carbocycles. The number of anilines is 1. The average molecular weight is 298 g/mol. The highest BCUT2D eigenvalue weighted by Gasteiger charge is 2.10. The number of amides is 1. The van der Waals surface area contributed by atoms with E-state index in [4.69, 9.17) is 5.73 Å². The standard InChI is InChI=1S/C16H24F2N2O/c1-2-5-13(17)7-4-8-14(18)11-20-15-9-3-6-12(10-15)16(19)21/h3,6,9-10,13-14,20H,2,4-5,7-8,11H2,1H3,(H2,19,21). The monoisotopic (exact) mass is 298 g/mol. The molecular formula is C16H24F2N2O. The molecule has 5 heteroatoms. The molecule has 21 heavy (non-hydrogen) atoms. The molecule has 118 valence electrons. The van der Waals surface area contributed by atoms with Gasteiger partial charge in [0.2, 0.25) is 5.91 Å². The van der Waals surface area contributed by atoms with Crippen LogP contribution in [-0.4, -0.2) is 24.8 Å². The van der Waals surface area contributed by atoms with Crippen LogP contribution in [0.3, 0.4) is 0 Å². The summed E-state index contributed by atoms with van der Waals surface area (Å²) in [5.74, 6) is -0.514. The van der Waals surface area contributed by atoms with Gasteiger partial charge in [-0.1, -0.05) is 19.4 Å². The first kappa shape index (κ1) is 17.4. The number of nitrogens with one attached hydrogen (secondary N) is 1. The van der Waals surface area contributed by atoms with E-state index in [9.17, 15) is 13.6 Å². The van der Waals surface area contributed by atoms with Crippen LogP contribution >= 0.6 is 0 Å². The molecule has 0 aliphatic rings. The Morgan fingerprint density at radius 3 is 2.62 bits per heavy atom. The Bertz CT molecular complexity index is 440. The summed E-state index contributed by atoms with van der Waals surface area (Å²) in [4.78, 5) is 11.0. The summed E-state index contributed by atoms with van der Waals surface area (Å²) in [5, 5.41) is 2.93. The topological polar surface area (TPSA) is 55.1 Å². The molecule has 0 aliphatic carbocycles. The van der Waals surface area contributed by atoms with Crippen molar-refractivity contribution in [2.75, 3.05) is 11.9 Å². The number of carbonyl (C=O) groups is 1. The Morgan fingerprint density at radius 2 is 1.95 bits per heavy atom.